The van der Waals surface area contributed by atoms with Crippen molar-refractivity contribution >= 4 is 38.4 Å². The maximum Gasteiger partial charge on any atom is 0.337 e. The van der Waals surface area contributed by atoms with Gasteiger partial charge in [0, 0.05) is 36.0 Å². The van der Waals surface area contributed by atoms with Crippen LogP contribution in [0.4, 0.5) is 0 Å². The van der Waals surface area contributed by atoms with E-state index in [0.717, 1.165) is 26.7 Å². The fraction of sp³-hybridized carbons (Fsp3) is 0.304. The molecule has 0 radical (unpaired) electrons. The van der Waals surface area contributed by atoms with Crippen LogP contribution >= 0.6 is 11.3 Å². The summed E-state index contributed by atoms with van der Waals surface area (Å²) in [5.74, 6) is -1.01. The summed E-state index contributed by atoms with van der Waals surface area (Å²) < 4.78 is 2.53. The van der Waals surface area contributed by atoms with Crippen LogP contribution in [0.2, 0.25) is 0 Å². The third kappa shape index (κ3) is 3.57. The lowest BCUT2D eigenvalue weighted by Crippen LogP contribution is -2.38. The van der Waals surface area contributed by atoms with Gasteiger partial charge in [-0.1, -0.05) is 32.0 Å². The first-order valence-corrected chi connectivity index (χ1v) is 10.8. The molecule has 0 aliphatic rings. The lowest BCUT2D eigenvalue weighted by atomic mass is 10.0. The summed E-state index contributed by atoms with van der Waals surface area (Å²) in [4.78, 5) is 43.5. The summed E-state index contributed by atoms with van der Waals surface area (Å²) in [5.41, 5.74) is 1.59. The minimum Gasteiger partial charge on any atom is -0.478 e. The van der Waals surface area contributed by atoms with E-state index in [1.54, 1.807) is 0 Å². The Morgan fingerprint density at radius 3 is 2.61 bits per heavy atom. The first-order valence-electron chi connectivity index (χ1n) is 10.0. The maximum atomic E-state index is 12.9. The predicted octanol–water partition coefficient (Wildman–Crippen LogP) is 3.56. The topological polar surface area (TPSA) is 94.2 Å². The molecule has 1 N–H and O–H groups in total. The number of aromatic nitrogens is 3. The number of aromatic carboxylic acids is 1. The van der Waals surface area contributed by atoms with Crippen molar-refractivity contribution in [1.82, 2.24) is 14.1 Å². The Kier molecular flexibility index (Phi) is 5.26. The zero-order chi connectivity index (χ0) is 22.4. The Bertz CT molecular complexity index is 1460. The Labute approximate surface area is 182 Å². The van der Waals surface area contributed by atoms with E-state index >= 15 is 0 Å². The molecule has 0 bridgehead atoms. The quantitative estimate of drug-likeness (QED) is 0.515. The van der Waals surface area contributed by atoms with Gasteiger partial charge >= 0.3 is 11.7 Å². The molecule has 0 saturated carbocycles. The molecule has 4 aromatic rings. The second-order valence-electron chi connectivity index (χ2n) is 8.15. The monoisotopic (exact) mass is 437 g/mol. The van der Waals surface area contributed by atoms with Gasteiger partial charge in [0.05, 0.1) is 16.5 Å². The van der Waals surface area contributed by atoms with E-state index in [2.05, 4.69) is 4.98 Å². The summed E-state index contributed by atoms with van der Waals surface area (Å²) >= 11 is 1.22. The Balaban J connectivity index is 2.03. The van der Waals surface area contributed by atoms with E-state index in [1.165, 1.54) is 23.0 Å². The van der Waals surface area contributed by atoms with Crippen LogP contribution in [0.3, 0.4) is 0 Å². The molecule has 3 aromatic heterocycles. The molecule has 0 aliphatic heterocycles. The average Bonchev–Trinajstić information content (AvgIpc) is 3.08. The molecule has 0 unspecified atom stereocenters. The third-order valence-corrected chi connectivity index (χ3v) is 6.50. The molecule has 31 heavy (non-hydrogen) atoms. The van der Waals surface area contributed by atoms with Crippen molar-refractivity contribution in [3.05, 3.63) is 72.9 Å². The SMILES string of the molecule is Cc1cc(Cc2sc3c(c2C(=O)O)c(=O)n(C)c(=O)n3CC(C)C)c2ccccc2n1. The van der Waals surface area contributed by atoms with Gasteiger partial charge in [0.15, 0.2) is 0 Å². The number of carboxylic acids is 1. The van der Waals surface area contributed by atoms with E-state index in [-0.39, 0.29) is 16.9 Å². The second kappa shape index (κ2) is 7.77. The molecule has 0 spiro atoms. The smallest absolute Gasteiger partial charge is 0.337 e. The molecule has 160 valence electrons. The van der Waals surface area contributed by atoms with Gasteiger partial charge in [0.25, 0.3) is 5.56 Å². The summed E-state index contributed by atoms with van der Waals surface area (Å²) in [7, 11) is 1.39. The zero-order valence-electron chi connectivity index (χ0n) is 17.8. The number of nitrogens with zero attached hydrogens (tertiary/aromatic N) is 3. The highest BCUT2D eigenvalue weighted by Gasteiger charge is 2.26. The highest BCUT2D eigenvalue weighted by Crippen LogP contribution is 2.32. The molecule has 3 heterocycles. The van der Waals surface area contributed by atoms with Crippen LogP contribution < -0.4 is 11.2 Å². The normalized spacial score (nSPS) is 11.6. The molecule has 4 rings (SSSR count). The fourth-order valence-electron chi connectivity index (χ4n) is 3.97. The molecule has 7 nitrogen and oxygen atoms in total. The number of thiophene rings is 1. The molecular weight excluding hydrogens is 414 g/mol. The number of pyridine rings is 1. The molecule has 0 saturated heterocycles. The van der Waals surface area contributed by atoms with E-state index in [1.807, 2.05) is 51.1 Å². The Hall–Kier alpha value is -3.26. The Morgan fingerprint density at radius 2 is 1.94 bits per heavy atom. The van der Waals surface area contributed by atoms with Crippen molar-refractivity contribution in [3.63, 3.8) is 0 Å². The number of para-hydroxylation sites is 1. The van der Waals surface area contributed by atoms with Gasteiger partial charge in [0.1, 0.15) is 4.83 Å². The van der Waals surface area contributed by atoms with Crippen molar-refractivity contribution in [2.45, 2.75) is 33.7 Å². The molecule has 0 amide bonds. The summed E-state index contributed by atoms with van der Waals surface area (Å²) in [5, 5.41) is 11.1. The molecule has 1 aromatic carbocycles. The van der Waals surface area contributed by atoms with Crippen LogP contribution in [-0.4, -0.2) is 25.2 Å². The van der Waals surface area contributed by atoms with E-state index < -0.39 is 17.2 Å². The predicted molar refractivity (Wildman–Crippen MR) is 122 cm³/mol. The number of carbonyl (C=O) groups is 1. The number of aryl methyl sites for hydroxylation is 1. The second-order valence-corrected chi connectivity index (χ2v) is 9.24. The average molecular weight is 438 g/mol. The van der Waals surface area contributed by atoms with E-state index in [0.29, 0.717) is 22.7 Å². The highest BCUT2D eigenvalue weighted by atomic mass is 32.1. The maximum absolute atomic E-state index is 12.9. The lowest BCUT2D eigenvalue weighted by Gasteiger charge is -2.11. The summed E-state index contributed by atoms with van der Waals surface area (Å²) in [6.45, 7) is 6.25. The van der Waals surface area contributed by atoms with Gasteiger partial charge in [-0.05, 0) is 30.5 Å². The van der Waals surface area contributed by atoms with Gasteiger partial charge in [-0.3, -0.25) is 18.9 Å². The lowest BCUT2D eigenvalue weighted by molar-refractivity contribution is 0.0698. The molecule has 0 fully saturated rings. The van der Waals surface area contributed by atoms with Crippen molar-refractivity contribution in [3.8, 4) is 0 Å². The number of hydrogen-bond acceptors (Lipinski definition) is 5. The van der Waals surface area contributed by atoms with Crippen LogP contribution in [0.15, 0.2) is 39.9 Å². The number of hydrogen-bond donors (Lipinski definition) is 1. The largest absolute Gasteiger partial charge is 0.478 e. The van der Waals surface area contributed by atoms with Crippen molar-refractivity contribution in [2.75, 3.05) is 0 Å². The first-order chi connectivity index (χ1) is 14.7. The van der Waals surface area contributed by atoms with E-state index in [4.69, 9.17) is 0 Å². The van der Waals surface area contributed by atoms with Crippen molar-refractivity contribution in [2.24, 2.45) is 13.0 Å². The minimum absolute atomic E-state index is 0.0170. The molecule has 8 heteroatoms. The number of benzene rings is 1. The summed E-state index contributed by atoms with van der Waals surface area (Å²) in [6.07, 6.45) is 0.337. The van der Waals surface area contributed by atoms with Crippen LogP contribution in [0.25, 0.3) is 21.1 Å². The van der Waals surface area contributed by atoms with Crippen LogP contribution in [0.1, 0.15) is 40.3 Å². The van der Waals surface area contributed by atoms with Gasteiger partial charge in [-0.25, -0.2) is 9.59 Å². The van der Waals surface area contributed by atoms with Gasteiger partial charge < -0.3 is 5.11 Å². The zero-order valence-corrected chi connectivity index (χ0v) is 18.6. The van der Waals surface area contributed by atoms with E-state index in [9.17, 15) is 19.5 Å². The Morgan fingerprint density at radius 1 is 1.23 bits per heavy atom. The number of rotatable bonds is 5. The highest BCUT2D eigenvalue weighted by molar-refractivity contribution is 7.19. The standard InChI is InChI=1S/C23H23N3O4S/c1-12(2)11-26-21-19(20(27)25(4)23(26)30)18(22(28)29)17(31-21)10-14-9-13(3)24-16-8-6-5-7-15(14)16/h5-9,12H,10-11H2,1-4H3,(H,28,29). The molecule has 0 atom stereocenters. The van der Waals surface area contributed by atoms with Gasteiger partial charge in [-0.2, -0.15) is 0 Å². The fourth-order valence-corrected chi connectivity index (χ4v) is 5.27. The number of carboxylic acid groups (broad SMARTS) is 1. The molecule has 0 aliphatic carbocycles. The van der Waals surface area contributed by atoms with Gasteiger partial charge in [0.2, 0.25) is 0 Å². The van der Waals surface area contributed by atoms with Crippen LogP contribution in [-0.2, 0) is 20.0 Å². The van der Waals surface area contributed by atoms with Crippen molar-refractivity contribution < 1.29 is 9.90 Å². The minimum atomic E-state index is -1.16. The number of fused-ring (bicyclic) bond motifs is 2. The first kappa shape index (κ1) is 21.0. The third-order valence-electron chi connectivity index (χ3n) is 5.29. The van der Waals surface area contributed by atoms with Crippen LogP contribution in [0.5, 0.6) is 0 Å². The van der Waals surface area contributed by atoms with Gasteiger partial charge in [-0.15, -0.1) is 11.3 Å². The molecular formula is C23H23N3O4S. The summed E-state index contributed by atoms with van der Waals surface area (Å²) in [6, 6.07) is 9.65. The van der Waals surface area contributed by atoms with Crippen LogP contribution in [0, 0.1) is 12.8 Å². The van der Waals surface area contributed by atoms with Crippen molar-refractivity contribution in [1.29, 1.82) is 0 Å².